The van der Waals surface area contributed by atoms with E-state index < -0.39 is 0 Å². The van der Waals surface area contributed by atoms with E-state index in [0.717, 1.165) is 28.7 Å². The van der Waals surface area contributed by atoms with E-state index in [9.17, 15) is 0 Å². The average molecular weight is 198 g/mol. The third-order valence-corrected chi connectivity index (χ3v) is 2.54. The van der Waals surface area contributed by atoms with Gasteiger partial charge in [0.1, 0.15) is 0 Å². The topological polar surface area (TPSA) is 43.1 Å². The second-order valence-corrected chi connectivity index (χ2v) is 3.44. The molecule has 74 valence electrons. The summed E-state index contributed by atoms with van der Waals surface area (Å²) in [6.45, 7) is 2.05. The maximum absolute atomic E-state index is 4.33. The van der Waals surface area contributed by atoms with Crippen LogP contribution < -0.4 is 0 Å². The first-order valence-electron chi connectivity index (χ1n) is 4.98. The number of rotatable bonds is 1. The summed E-state index contributed by atoms with van der Waals surface area (Å²) in [6.07, 6.45) is 2.69. The lowest BCUT2D eigenvalue weighted by Crippen LogP contribution is -1.96. The van der Waals surface area contributed by atoms with E-state index in [4.69, 9.17) is 0 Å². The highest BCUT2D eigenvalue weighted by Gasteiger charge is 2.07. The maximum atomic E-state index is 4.33. The first-order valence-corrected chi connectivity index (χ1v) is 4.98. The lowest BCUT2D eigenvalue weighted by atomic mass is 10.2. The number of aryl methyl sites for hydroxylation is 1. The van der Waals surface area contributed by atoms with Gasteiger partial charge in [0.15, 0.2) is 11.5 Å². The Labute approximate surface area is 86.6 Å². The van der Waals surface area contributed by atoms with Crippen LogP contribution in [-0.4, -0.2) is 19.8 Å². The predicted molar refractivity (Wildman–Crippen MR) is 57.7 cm³/mol. The largest absolute Gasteiger partial charge is 0.197 e. The van der Waals surface area contributed by atoms with E-state index in [1.54, 1.807) is 0 Å². The molecule has 0 saturated heterocycles. The SMILES string of the molecule is CCc1nnc2c3ccccc3cnn12. The zero-order valence-electron chi connectivity index (χ0n) is 8.38. The molecule has 0 unspecified atom stereocenters. The van der Waals surface area contributed by atoms with Crippen molar-refractivity contribution in [1.29, 1.82) is 0 Å². The van der Waals surface area contributed by atoms with Gasteiger partial charge in [-0.05, 0) is 0 Å². The highest BCUT2D eigenvalue weighted by Crippen LogP contribution is 2.17. The fourth-order valence-electron chi connectivity index (χ4n) is 1.75. The highest BCUT2D eigenvalue weighted by molar-refractivity contribution is 5.92. The zero-order chi connectivity index (χ0) is 10.3. The Morgan fingerprint density at radius 1 is 1.20 bits per heavy atom. The van der Waals surface area contributed by atoms with Gasteiger partial charge in [-0.25, -0.2) is 0 Å². The summed E-state index contributed by atoms with van der Waals surface area (Å²) in [6, 6.07) is 8.07. The smallest absolute Gasteiger partial charge is 0.185 e. The van der Waals surface area contributed by atoms with Gasteiger partial charge in [0.2, 0.25) is 0 Å². The van der Waals surface area contributed by atoms with E-state index in [1.165, 1.54) is 0 Å². The van der Waals surface area contributed by atoms with Gasteiger partial charge in [0.25, 0.3) is 0 Å². The van der Waals surface area contributed by atoms with Crippen molar-refractivity contribution >= 4 is 16.4 Å². The molecule has 0 saturated carbocycles. The maximum Gasteiger partial charge on any atom is 0.185 e. The average Bonchev–Trinajstić information content (AvgIpc) is 2.72. The molecule has 0 radical (unpaired) electrons. The first-order chi connectivity index (χ1) is 7.40. The van der Waals surface area contributed by atoms with Crippen LogP contribution in [0.25, 0.3) is 16.4 Å². The summed E-state index contributed by atoms with van der Waals surface area (Å²) in [5.74, 6) is 0.899. The van der Waals surface area contributed by atoms with Crippen molar-refractivity contribution in [2.75, 3.05) is 0 Å². The van der Waals surface area contributed by atoms with Crippen molar-refractivity contribution < 1.29 is 0 Å². The summed E-state index contributed by atoms with van der Waals surface area (Å²) in [5, 5.41) is 14.8. The highest BCUT2D eigenvalue weighted by atomic mass is 15.4. The lowest BCUT2D eigenvalue weighted by molar-refractivity contribution is 0.827. The third kappa shape index (κ3) is 1.11. The Hall–Kier alpha value is -1.97. The molecule has 2 aromatic heterocycles. The molecule has 2 heterocycles. The molecule has 0 amide bonds. The van der Waals surface area contributed by atoms with Gasteiger partial charge in [-0.2, -0.15) is 9.61 Å². The summed E-state index contributed by atoms with van der Waals surface area (Å²) >= 11 is 0. The van der Waals surface area contributed by atoms with E-state index in [-0.39, 0.29) is 0 Å². The number of benzene rings is 1. The predicted octanol–water partition coefficient (Wildman–Crippen LogP) is 1.84. The number of hydrogen-bond acceptors (Lipinski definition) is 3. The van der Waals surface area contributed by atoms with Crippen molar-refractivity contribution in [2.45, 2.75) is 13.3 Å². The minimum Gasteiger partial charge on any atom is -0.197 e. The van der Waals surface area contributed by atoms with Gasteiger partial charge in [0, 0.05) is 17.2 Å². The lowest BCUT2D eigenvalue weighted by Gasteiger charge is -1.99. The molecule has 4 heteroatoms. The Bertz CT molecular complexity index is 627. The molecule has 3 rings (SSSR count). The quantitative estimate of drug-likeness (QED) is 0.599. The number of hydrogen-bond donors (Lipinski definition) is 0. The third-order valence-electron chi connectivity index (χ3n) is 2.54. The second kappa shape index (κ2) is 3.02. The summed E-state index contributed by atoms with van der Waals surface area (Å²) in [4.78, 5) is 0. The minimum atomic E-state index is 0.838. The molecular formula is C11H10N4. The molecule has 0 bridgehead atoms. The first kappa shape index (κ1) is 8.35. The van der Waals surface area contributed by atoms with Crippen LogP contribution in [0.5, 0.6) is 0 Å². The fraction of sp³-hybridized carbons (Fsp3) is 0.182. The number of nitrogens with zero attached hydrogens (tertiary/aromatic N) is 4. The molecule has 0 fully saturated rings. The number of aromatic nitrogens is 4. The Morgan fingerprint density at radius 2 is 2.07 bits per heavy atom. The van der Waals surface area contributed by atoms with Crippen LogP contribution >= 0.6 is 0 Å². The van der Waals surface area contributed by atoms with Gasteiger partial charge in [-0.3, -0.25) is 0 Å². The zero-order valence-corrected chi connectivity index (χ0v) is 8.38. The van der Waals surface area contributed by atoms with Crippen molar-refractivity contribution in [3.05, 3.63) is 36.3 Å². The molecule has 1 aromatic carbocycles. The molecule has 0 N–H and O–H groups in total. The van der Waals surface area contributed by atoms with E-state index >= 15 is 0 Å². The molecule has 0 aliphatic carbocycles. The monoisotopic (exact) mass is 198 g/mol. The fourth-order valence-corrected chi connectivity index (χ4v) is 1.75. The summed E-state index contributed by atoms with van der Waals surface area (Å²) in [5.41, 5.74) is 0.838. The van der Waals surface area contributed by atoms with Crippen LogP contribution in [-0.2, 0) is 6.42 Å². The van der Waals surface area contributed by atoms with Crippen LogP contribution in [0.3, 0.4) is 0 Å². The molecule has 4 nitrogen and oxygen atoms in total. The van der Waals surface area contributed by atoms with E-state index in [0.29, 0.717) is 0 Å². The Morgan fingerprint density at radius 3 is 2.93 bits per heavy atom. The molecule has 0 aliphatic heterocycles. The van der Waals surface area contributed by atoms with Gasteiger partial charge in [-0.1, -0.05) is 31.2 Å². The standard InChI is InChI=1S/C11H10N4/c1-2-10-13-14-11-9-6-4-3-5-8(9)7-12-15(10)11/h3-7H,2H2,1H3. The van der Waals surface area contributed by atoms with Crippen molar-refractivity contribution in [1.82, 2.24) is 19.8 Å². The summed E-state index contributed by atoms with van der Waals surface area (Å²) in [7, 11) is 0. The van der Waals surface area contributed by atoms with Crippen molar-refractivity contribution in [3.8, 4) is 0 Å². The van der Waals surface area contributed by atoms with Crippen LogP contribution in [0, 0.1) is 0 Å². The van der Waals surface area contributed by atoms with Gasteiger partial charge in [0.05, 0.1) is 6.20 Å². The van der Waals surface area contributed by atoms with Crippen LogP contribution in [0.4, 0.5) is 0 Å². The molecule has 0 spiro atoms. The van der Waals surface area contributed by atoms with E-state index in [2.05, 4.69) is 15.3 Å². The van der Waals surface area contributed by atoms with Gasteiger partial charge >= 0.3 is 0 Å². The normalized spacial score (nSPS) is 11.3. The van der Waals surface area contributed by atoms with Gasteiger partial charge in [-0.15, -0.1) is 10.2 Å². The minimum absolute atomic E-state index is 0.838. The second-order valence-electron chi connectivity index (χ2n) is 3.44. The van der Waals surface area contributed by atoms with Crippen molar-refractivity contribution in [2.24, 2.45) is 0 Å². The summed E-state index contributed by atoms with van der Waals surface area (Å²) < 4.78 is 1.81. The van der Waals surface area contributed by atoms with E-state index in [1.807, 2.05) is 41.9 Å². The molecule has 0 aliphatic rings. The van der Waals surface area contributed by atoms with Crippen LogP contribution in [0.2, 0.25) is 0 Å². The van der Waals surface area contributed by atoms with Crippen LogP contribution in [0.1, 0.15) is 12.7 Å². The Kier molecular flexibility index (Phi) is 1.68. The molecule has 15 heavy (non-hydrogen) atoms. The Balaban J connectivity index is 2.50. The molecule has 3 aromatic rings. The van der Waals surface area contributed by atoms with Crippen molar-refractivity contribution in [3.63, 3.8) is 0 Å². The molecular weight excluding hydrogens is 188 g/mol. The number of fused-ring (bicyclic) bond motifs is 3. The molecule has 0 atom stereocenters. The van der Waals surface area contributed by atoms with Crippen LogP contribution in [0.15, 0.2) is 30.5 Å². The van der Waals surface area contributed by atoms with Gasteiger partial charge < -0.3 is 0 Å².